The van der Waals surface area contributed by atoms with E-state index in [0.29, 0.717) is 0 Å². The minimum absolute atomic E-state index is 0.0159. The lowest BCUT2D eigenvalue weighted by Gasteiger charge is -2.11. The molecule has 0 saturated carbocycles. The largest absolute Gasteiger partial charge is 0.870 e. The Bertz CT molecular complexity index is 892. The summed E-state index contributed by atoms with van der Waals surface area (Å²) in [5.74, 6) is -2.49. The van der Waals surface area contributed by atoms with Crippen LogP contribution in [0.2, 0.25) is 0 Å². The van der Waals surface area contributed by atoms with E-state index in [2.05, 4.69) is 0 Å². The van der Waals surface area contributed by atoms with Crippen molar-refractivity contribution in [3.8, 4) is 0 Å². The molecule has 0 radical (unpaired) electrons. The lowest BCUT2D eigenvalue weighted by atomic mass is 9.94. The molecule has 3 rings (SSSR count). The molecule has 1 atom stereocenters. The molecule has 26 heavy (non-hydrogen) atoms. The average molecular weight is 385 g/mol. The van der Waals surface area contributed by atoms with Crippen molar-refractivity contribution in [2.24, 2.45) is 5.92 Å². The van der Waals surface area contributed by atoms with Gasteiger partial charge in [-0.3, -0.25) is 9.59 Å². The van der Waals surface area contributed by atoms with Crippen molar-refractivity contribution in [3.05, 3.63) is 72.4 Å². The second-order valence-corrected chi connectivity index (χ2v) is 9.66. The van der Waals surface area contributed by atoms with Gasteiger partial charge in [0.25, 0.3) is 0 Å². The Morgan fingerprint density at radius 1 is 1.04 bits per heavy atom. The predicted molar refractivity (Wildman–Crippen MR) is 106 cm³/mol. The number of ketones is 2. The van der Waals surface area contributed by atoms with E-state index in [9.17, 15) is 14.7 Å². The maximum absolute atomic E-state index is 12.8. The van der Waals surface area contributed by atoms with Crippen LogP contribution in [0.4, 0.5) is 0 Å². The van der Waals surface area contributed by atoms with E-state index in [1.54, 1.807) is 29.2 Å². The molecule has 0 bridgehead atoms. The number of rotatable bonds is 3. The molecule has 2 heterocycles. The molecule has 134 valence electrons. The summed E-state index contributed by atoms with van der Waals surface area (Å²) in [6.45, 7) is 7.95. The molecule has 0 aromatic carbocycles. The standard InChI is InChI=1S/C21H20O3S2/c1-11-5-15(6-12(2)25-11)9-17-19(22)18(21(24)20(17)23)10-16-7-13(3)26-14(4)8-16/h5-9,18H,10H2,1-4H3. The van der Waals surface area contributed by atoms with Crippen LogP contribution in [0, 0.1) is 19.8 Å². The van der Waals surface area contributed by atoms with Gasteiger partial charge in [0, 0.05) is 31.6 Å². The molecule has 1 unspecified atom stereocenters. The van der Waals surface area contributed by atoms with Crippen LogP contribution in [0.3, 0.4) is 0 Å². The number of thioether (sulfide) groups is 1. The Kier molecular flexibility index (Phi) is 5.30. The Morgan fingerprint density at radius 3 is 2.19 bits per heavy atom. The summed E-state index contributed by atoms with van der Waals surface area (Å²) in [6, 6.07) is 3.96. The summed E-state index contributed by atoms with van der Waals surface area (Å²) in [5, 5.41) is 12.4. The highest BCUT2D eigenvalue weighted by molar-refractivity contribution is 8.06. The number of carbonyl (C=O) groups is 2. The molecule has 5 heteroatoms. The first kappa shape index (κ1) is 18.8. The smallest absolute Gasteiger partial charge is 0.217 e. The minimum atomic E-state index is -0.895. The zero-order chi connectivity index (χ0) is 19.0. The van der Waals surface area contributed by atoms with E-state index in [4.69, 9.17) is 0 Å². The molecular formula is C21H20O3S2. The molecule has 3 nitrogen and oxygen atoms in total. The first-order chi connectivity index (χ1) is 12.2. The van der Waals surface area contributed by atoms with Crippen molar-refractivity contribution in [1.29, 1.82) is 0 Å². The van der Waals surface area contributed by atoms with Crippen molar-refractivity contribution in [2.75, 3.05) is 0 Å². The number of Topliss-reactive ketones (excluding diaryl/α,β-unsaturated/α-hetero) is 2. The van der Waals surface area contributed by atoms with Gasteiger partial charge in [-0.05, 0) is 59.4 Å². The van der Waals surface area contributed by atoms with E-state index in [0.717, 1.165) is 30.7 Å². The fourth-order valence-electron chi connectivity index (χ4n) is 3.34. The van der Waals surface area contributed by atoms with Crippen molar-refractivity contribution in [1.82, 2.24) is 0 Å². The lowest BCUT2D eigenvalue weighted by Crippen LogP contribution is -2.23. The maximum Gasteiger partial charge on any atom is 0.217 e. The van der Waals surface area contributed by atoms with Crippen LogP contribution in [-0.4, -0.2) is 11.6 Å². The molecule has 0 N–H and O–H groups in total. The summed E-state index contributed by atoms with van der Waals surface area (Å²) in [4.78, 5) is 29.6. The zero-order valence-corrected chi connectivity index (χ0v) is 16.8. The van der Waals surface area contributed by atoms with Crippen molar-refractivity contribution in [3.63, 3.8) is 0 Å². The summed E-state index contributed by atoms with van der Waals surface area (Å²) < 4.78 is 0. The molecule has 0 saturated heterocycles. The quantitative estimate of drug-likeness (QED) is 0.583. The molecule has 2 aliphatic rings. The maximum atomic E-state index is 12.8. The van der Waals surface area contributed by atoms with Gasteiger partial charge in [0.1, 0.15) is 0 Å². The normalized spacial score (nSPS) is 20.5. The summed E-state index contributed by atoms with van der Waals surface area (Å²) >= 11 is 3.31. The van der Waals surface area contributed by atoms with E-state index in [1.165, 1.54) is 0 Å². The van der Waals surface area contributed by atoms with Crippen LogP contribution >= 0.6 is 23.1 Å². The van der Waals surface area contributed by atoms with Crippen LogP contribution in [0.25, 0.3) is 0 Å². The van der Waals surface area contributed by atoms with E-state index < -0.39 is 17.5 Å². The topological polar surface area (TPSA) is 57.2 Å². The first-order valence-electron chi connectivity index (χ1n) is 8.40. The number of carbonyl (C=O) groups excluding carboxylic acids is 2. The summed E-state index contributed by atoms with van der Waals surface area (Å²) in [6.07, 6.45) is 5.70. The molecule has 0 amide bonds. The molecule has 1 aliphatic carbocycles. The Morgan fingerprint density at radius 2 is 1.62 bits per heavy atom. The second kappa shape index (κ2) is 7.33. The molecule has 0 spiro atoms. The van der Waals surface area contributed by atoms with Gasteiger partial charge >= 0.3 is 0 Å². The highest BCUT2D eigenvalue weighted by Gasteiger charge is 2.36. The van der Waals surface area contributed by atoms with Crippen molar-refractivity contribution in [2.45, 2.75) is 34.1 Å². The monoisotopic (exact) mass is 384 g/mol. The number of hydrogen-bond acceptors (Lipinski definition) is 4. The SMILES string of the molecule is CC1=CC(=CC2=C([O-])C(=O)C(Cc3cc(C)[s+]c(C)c3)C2=O)C=C(C)S1. The molecule has 1 aromatic heterocycles. The van der Waals surface area contributed by atoms with Crippen LogP contribution in [0.5, 0.6) is 0 Å². The lowest BCUT2D eigenvalue weighted by molar-refractivity contribution is -0.298. The minimum Gasteiger partial charge on any atom is -0.870 e. The highest BCUT2D eigenvalue weighted by Crippen LogP contribution is 2.34. The third-order valence-electron chi connectivity index (χ3n) is 4.28. The van der Waals surface area contributed by atoms with E-state index in [-0.39, 0.29) is 17.8 Å². The van der Waals surface area contributed by atoms with E-state index >= 15 is 0 Å². The van der Waals surface area contributed by atoms with Crippen LogP contribution in [-0.2, 0) is 16.0 Å². The van der Waals surface area contributed by atoms with Crippen LogP contribution in [0.1, 0.15) is 29.2 Å². The van der Waals surface area contributed by atoms with Gasteiger partial charge in [0.2, 0.25) is 21.1 Å². The molecule has 0 fully saturated rings. The number of allylic oxidation sites excluding steroid dienone is 8. The van der Waals surface area contributed by atoms with Crippen molar-refractivity contribution < 1.29 is 14.7 Å². The van der Waals surface area contributed by atoms with Crippen LogP contribution < -0.4 is 5.11 Å². The Hall–Kier alpha value is -1.98. The molecule has 1 aliphatic heterocycles. The van der Waals surface area contributed by atoms with Gasteiger partial charge in [-0.15, -0.1) is 0 Å². The van der Waals surface area contributed by atoms with Gasteiger partial charge in [0.15, 0.2) is 11.6 Å². The number of hydrogen-bond donors (Lipinski definition) is 0. The van der Waals surface area contributed by atoms with Gasteiger partial charge in [-0.25, -0.2) is 0 Å². The summed E-state index contributed by atoms with van der Waals surface area (Å²) in [5.41, 5.74) is 1.73. The number of aryl methyl sites for hydroxylation is 2. The fourth-order valence-corrected chi connectivity index (χ4v) is 5.16. The Balaban J connectivity index is 1.89. The summed E-state index contributed by atoms with van der Waals surface area (Å²) in [7, 11) is 0. The van der Waals surface area contributed by atoms with Crippen LogP contribution in [0.15, 0.2) is 57.1 Å². The van der Waals surface area contributed by atoms with Gasteiger partial charge in [0.05, 0.1) is 5.92 Å². The zero-order valence-electron chi connectivity index (χ0n) is 15.2. The molecule has 1 aromatic rings. The third-order valence-corrected chi connectivity index (χ3v) is 6.04. The van der Waals surface area contributed by atoms with Gasteiger partial charge in [-0.2, -0.15) is 0 Å². The highest BCUT2D eigenvalue weighted by atomic mass is 32.2. The second-order valence-electron chi connectivity index (χ2n) is 6.67. The predicted octanol–water partition coefficient (Wildman–Crippen LogP) is 4.05. The van der Waals surface area contributed by atoms with E-state index in [1.807, 2.05) is 52.0 Å². The first-order valence-corrected chi connectivity index (χ1v) is 10.0. The van der Waals surface area contributed by atoms with Gasteiger partial charge in [-0.1, -0.05) is 17.5 Å². The van der Waals surface area contributed by atoms with Gasteiger partial charge < -0.3 is 5.11 Å². The third kappa shape index (κ3) is 3.89. The molecular weight excluding hydrogens is 364 g/mol. The Labute approximate surface area is 161 Å². The average Bonchev–Trinajstić information content (AvgIpc) is 2.71. The van der Waals surface area contributed by atoms with Crippen molar-refractivity contribution >= 4 is 34.7 Å². The fraction of sp³-hybridized carbons (Fsp3) is 0.286.